The number of rotatable bonds is 7. The van der Waals surface area contributed by atoms with Gasteiger partial charge in [0.25, 0.3) is 5.91 Å². The number of amides is 2. The number of hydrogen-bond acceptors (Lipinski definition) is 5. The van der Waals surface area contributed by atoms with Crippen molar-refractivity contribution in [3.63, 3.8) is 0 Å². The van der Waals surface area contributed by atoms with Gasteiger partial charge in [0, 0.05) is 24.0 Å². The molecule has 0 spiro atoms. The van der Waals surface area contributed by atoms with Gasteiger partial charge in [-0.25, -0.2) is 4.98 Å². The Morgan fingerprint density at radius 3 is 2.78 bits per heavy atom. The number of benzene rings is 1. The molecule has 0 atom stereocenters. The van der Waals surface area contributed by atoms with Gasteiger partial charge in [-0.1, -0.05) is 6.92 Å². The third kappa shape index (κ3) is 4.13. The second kappa shape index (κ2) is 8.52. The van der Waals surface area contributed by atoms with E-state index >= 15 is 0 Å². The number of aryl methyl sites for hydroxylation is 1. The van der Waals surface area contributed by atoms with Crippen LogP contribution in [0.15, 0.2) is 23.6 Å². The van der Waals surface area contributed by atoms with Gasteiger partial charge >= 0.3 is 0 Å². The number of ether oxygens (including phenoxy) is 1. The molecule has 0 saturated heterocycles. The second-order valence-corrected chi connectivity index (χ2v) is 7.34. The van der Waals surface area contributed by atoms with Crippen molar-refractivity contribution in [3.05, 3.63) is 28.6 Å². The summed E-state index contributed by atoms with van der Waals surface area (Å²) in [6, 6.07) is 5.70. The highest BCUT2D eigenvalue weighted by Gasteiger charge is 2.29. The molecule has 3 rings (SSSR count). The fraction of sp³-hybridized carbons (Fsp3) is 0.450. The summed E-state index contributed by atoms with van der Waals surface area (Å²) < 4.78 is 5.56. The SMILES string of the molecule is CCCc1nc(-c2ccc3c(c2)N(CC(=O)N(CC)CC)C(=O)CO3)cs1. The molecule has 1 aliphatic rings. The number of carbonyl (C=O) groups excluding carboxylic acids is 2. The molecule has 2 amide bonds. The molecule has 1 aliphatic heterocycles. The molecule has 0 bridgehead atoms. The van der Waals surface area contributed by atoms with Crippen molar-refractivity contribution in [2.75, 3.05) is 31.1 Å². The van der Waals surface area contributed by atoms with E-state index in [1.807, 2.05) is 37.4 Å². The minimum atomic E-state index is -0.204. The minimum Gasteiger partial charge on any atom is -0.482 e. The van der Waals surface area contributed by atoms with Crippen LogP contribution in [0.1, 0.15) is 32.2 Å². The molecular formula is C20H25N3O3S. The Kier molecular flexibility index (Phi) is 6.11. The molecule has 0 fully saturated rings. The number of nitrogens with zero attached hydrogens (tertiary/aromatic N) is 3. The van der Waals surface area contributed by atoms with Crippen molar-refractivity contribution in [1.82, 2.24) is 9.88 Å². The lowest BCUT2D eigenvalue weighted by molar-refractivity contribution is -0.131. The Morgan fingerprint density at radius 1 is 1.30 bits per heavy atom. The van der Waals surface area contributed by atoms with Gasteiger partial charge in [0.15, 0.2) is 6.61 Å². The molecule has 1 aromatic heterocycles. The van der Waals surface area contributed by atoms with E-state index in [1.54, 1.807) is 16.2 Å². The lowest BCUT2D eigenvalue weighted by atomic mass is 10.1. The quantitative estimate of drug-likeness (QED) is 0.731. The van der Waals surface area contributed by atoms with Gasteiger partial charge in [-0.05, 0) is 44.9 Å². The van der Waals surface area contributed by atoms with Gasteiger partial charge in [-0.2, -0.15) is 0 Å². The molecule has 7 heteroatoms. The summed E-state index contributed by atoms with van der Waals surface area (Å²) in [5, 5.41) is 3.13. The van der Waals surface area contributed by atoms with Gasteiger partial charge in [-0.15, -0.1) is 11.3 Å². The van der Waals surface area contributed by atoms with Crippen LogP contribution in [0, 0.1) is 0 Å². The number of carbonyl (C=O) groups is 2. The number of likely N-dealkylation sites (N-methyl/N-ethyl adjacent to an activating group) is 1. The van der Waals surface area contributed by atoms with Crippen molar-refractivity contribution < 1.29 is 14.3 Å². The third-order valence-corrected chi connectivity index (χ3v) is 5.53. The Hall–Kier alpha value is -2.41. The molecular weight excluding hydrogens is 362 g/mol. The Bertz CT molecular complexity index is 830. The van der Waals surface area contributed by atoms with Gasteiger partial charge in [0.05, 0.1) is 16.4 Å². The maximum absolute atomic E-state index is 12.5. The van der Waals surface area contributed by atoms with Crippen molar-refractivity contribution in [2.24, 2.45) is 0 Å². The Morgan fingerprint density at radius 2 is 2.07 bits per heavy atom. The normalized spacial score (nSPS) is 13.3. The molecule has 0 N–H and O–H groups in total. The zero-order chi connectivity index (χ0) is 19.4. The molecule has 0 radical (unpaired) electrons. The monoisotopic (exact) mass is 387 g/mol. The number of aromatic nitrogens is 1. The van der Waals surface area contributed by atoms with Crippen LogP contribution in [0.5, 0.6) is 5.75 Å². The summed E-state index contributed by atoms with van der Waals surface area (Å²) in [6.07, 6.45) is 2.02. The summed E-state index contributed by atoms with van der Waals surface area (Å²) in [5.41, 5.74) is 2.44. The van der Waals surface area contributed by atoms with Crippen molar-refractivity contribution in [2.45, 2.75) is 33.6 Å². The fourth-order valence-electron chi connectivity index (χ4n) is 3.12. The van der Waals surface area contributed by atoms with Crippen LogP contribution >= 0.6 is 11.3 Å². The van der Waals surface area contributed by atoms with E-state index < -0.39 is 0 Å². The predicted octanol–water partition coefficient (Wildman–Crippen LogP) is 3.36. The van der Waals surface area contributed by atoms with E-state index in [2.05, 4.69) is 11.9 Å². The first-order chi connectivity index (χ1) is 13.1. The van der Waals surface area contributed by atoms with Crippen LogP contribution in [0.3, 0.4) is 0 Å². The standard InChI is InChI=1S/C20H25N3O3S/c1-4-7-18-21-15(13-27-18)14-8-9-17-16(10-14)23(20(25)12-26-17)11-19(24)22(5-2)6-3/h8-10,13H,4-7,11-12H2,1-3H3. The number of hydrogen-bond donors (Lipinski definition) is 0. The van der Waals surface area contributed by atoms with E-state index in [1.165, 1.54) is 4.90 Å². The number of anilines is 1. The van der Waals surface area contributed by atoms with E-state index in [-0.39, 0.29) is 25.0 Å². The topological polar surface area (TPSA) is 62.7 Å². The van der Waals surface area contributed by atoms with Crippen LogP contribution in [0.2, 0.25) is 0 Å². The lowest BCUT2D eigenvalue weighted by Crippen LogP contribution is -2.46. The number of thiazole rings is 1. The molecule has 6 nitrogen and oxygen atoms in total. The summed E-state index contributed by atoms with van der Waals surface area (Å²) in [4.78, 5) is 32.9. The summed E-state index contributed by atoms with van der Waals surface area (Å²) in [7, 11) is 0. The van der Waals surface area contributed by atoms with E-state index in [4.69, 9.17) is 4.74 Å². The van der Waals surface area contributed by atoms with Crippen molar-refractivity contribution in [1.29, 1.82) is 0 Å². The van der Waals surface area contributed by atoms with Crippen molar-refractivity contribution in [3.8, 4) is 17.0 Å². The van der Waals surface area contributed by atoms with Crippen LogP contribution in [-0.4, -0.2) is 47.9 Å². The van der Waals surface area contributed by atoms with Crippen molar-refractivity contribution >= 4 is 28.8 Å². The highest BCUT2D eigenvalue weighted by atomic mass is 32.1. The van der Waals surface area contributed by atoms with Crippen LogP contribution in [0.4, 0.5) is 5.69 Å². The third-order valence-electron chi connectivity index (χ3n) is 4.62. The summed E-state index contributed by atoms with van der Waals surface area (Å²) in [6.45, 7) is 7.23. The maximum Gasteiger partial charge on any atom is 0.265 e. The van der Waals surface area contributed by atoms with E-state index in [0.29, 0.717) is 24.5 Å². The lowest BCUT2D eigenvalue weighted by Gasteiger charge is -2.31. The Labute approximate surface area is 163 Å². The van der Waals surface area contributed by atoms with E-state index in [9.17, 15) is 9.59 Å². The molecule has 2 aromatic rings. The first kappa shape index (κ1) is 19.4. The van der Waals surface area contributed by atoms with Gasteiger partial charge in [0.2, 0.25) is 5.91 Å². The first-order valence-electron chi connectivity index (χ1n) is 9.37. The fourth-order valence-corrected chi connectivity index (χ4v) is 4.03. The predicted molar refractivity (Wildman–Crippen MR) is 107 cm³/mol. The maximum atomic E-state index is 12.5. The van der Waals surface area contributed by atoms with Gasteiger partial charge in [0.1, 0.15) is 12.3 Å². The zero-order valence-electron chi connectivity index (χ0n) is 16.0. The second-order valence-electron chi connectivity index (χ2n) is 6.39. The Balaban J connectivity index is 1.90. The summed E-state index contributed by atoms with van der Waals surface area (Å²) >= 11 is 1.64. The molecule has 0 unspecified atom stereocenters. The molecule has 1 aromatic carbocycles. The van der Waals surface area contributed by atoms with Gasteiger partial charge in [-0.3, -0.25) is 14.5 Å². The zero-order valence-corrected chi connectivity index (χ0v) is 16.8. The average molecular weight is 388 g/mol. The molecule has 0 saturated carbocycles. The average Bonchev–Trinajstić information content (AvgIpc) is 3.14. The first-order valence-corrected chi connectivity index (χ1v) is 10.2. The summed E-state index contributed by atoms with van der Waals surface area (Å²) in [5.74, 6) is 0.352. The van der Waals surface area contributed by atoms with Crippen LogP contribution in [0.25, 0.3) is 11.3 Å². The van der Waals surface area contributed by atoms with E-state index in [0.717, 1.165) is 29.1 Å². The van der Waals surface area contributed by atoms with Crippen LogP contribution in [-0.2, 0) is 16.0 Å². The smallest absolute Gasteiger partial charge is 0.265 e. The number of fused-ring (bicyclic) bond motifs is 1. The van der Waals surface area contributed by atoms with Crippen LogP contribution < -0.4 is 9.64 Å². The highest BCUT2D eigenvalue weighted by Crippen LogP contribution is 2.36. The largest absolute Gasteiger partial charge is 0.482 e. The minimum absolute atomic E-state index is 0.0263. The van der Waals surface area contributed by atoms with Gasteiger partial charge < -0.3 is 9.64 Å². The molecule has 144 valence electrons. The molecule has 0 aliphatic carbocycles. The highest BCUT2D eigenvalue weighted by molar-refractivity contribution is 7.09. The molecule has 27 heavy (non-hydrogen) atoms. The molecule has 2 heterocycles.